The van der Waals surface area contributed by atoms with Crippen LogP contribution < -0.4 is 19.5 Å². The molecule has 0 heterocycles. The van der Waals surface area contributed by atoms with Crippen LogP contribution in [0.25, 0.3) is 0 Å². The Labute approximate surface area is 165 Å². The number of likely N-dealkylation sites (N-methyl/N-ethyl adjacent to an activating group) is 1. The maximum absolute atomic E-state index is 12.9. The average molecular weight is 386 g/mol. The van der Waals surface area contributed by atoms with Crippen molar-refractivity contribution in [3.8, 4) is 17.2 Å². The van der Waals surface area contributed by atoms with Crippen LogP contribution in [0.2, 0.25) is 0 Å². The second kappa shape index (κ2) is 10.2. The van der Waals surface area contributed by atoms with Crippen LogP contribution in [0.3, 0.4) is 0 Å². The highest BCUT2D eigenvalue weighted by Crippen LogP contribution is 2.26. The van der Waals surface area contributed by atoms with Gasteiger partial charge < -0.3 is 24.4 Å². The van der Waals surface area contributed by atoms with E-state index >= 15 is 0 Å². The van der Waals surface area contributed by atoms with Crippen LogP contribution in [-0.4, -0.2) is 50.6 Å². The summed E-state index contributed by atoms with van der Waals surface area (Å²) in [7, 11) is 4.67. The molecule has 1 N–H and O–H groups in total. The van der Waals surface area contributed by atoms with Gasteiger partial charge in [-0.1, -0.05) is 24.3 Å². The summed E-state index contributed by atoms with van der Waals surface area (Å²) in [5.41, 5.74) is 0.877. The summed E-state index contributed by atoms with van der Waals surface area (Å²) in [5, 5.41) is 2.58. The zero-order valence-electron chi connectivity index (χ0n) is 16.6. The van der Waals surface area contributed by atoms with Crippen LogP contribution in [0.5, 0.6) is 17.2 Å². The molecule has 2 aromatic rings. The van der Waals surface area contributed by atoms with E-state index in [2.05, 4.69) is 5.32 Å². The molecule has 0 saturated heterocycles. The summed E-state index contributed by atoms with van der Waals surface area (Å²) in [4.78, 5) is 26.5. The molecule has 2 rings (SSSR count). The lowest BCUT2D eigenvalue weighted by molar-refractivity contribution is -0.142. The predicted molar refractivity (Wildman–Crippen MR) is 106 cm³/mol. The maximum Gasteiger partial charge on any atom is 0.261 e. The molecular weight excluding hydrogens is 360 g/mol. The molecule has 0 aliphatic heterocycles. The van der Waals surface area contributed by atoms with Crippen LogP contribution in [0, 0.1) is 0 Å². The van der Waals surface area contributed by atoms with Gasteiger partial charge in [0.05, 0.1) is 14.2 Å². The van der Waals surface area contributed by atoms with Crippen LogP contribution in [0.4, 0.5) is 0 Å². The van der Waals surface area contributed by atoms with Crippen molar-refractivity contribution in [2.45, 2.75) is 19.5 Å². The van der Waals surface area contributed by atoms with Crippen molar-refractivity contribution >= 4 is 11.8 Å². The van der Waals surface area contributed by atoms with Crippen LogP contribution in [-0.2, 0) is 16.1 Å². The molecule has 0 radical (unpaired) electrons. The van der Waals surface area contributed by atoms with Crippen LogP contribution in [0.1, 0.15) is 12.5 Å². The summed E-state index contributed by atoms with van der Waals surface area (Å²) in [6.45, 7) is 1.74. The normalized spacial score (nSPS) is 11.3. The van der Waals surface area contributed by atoms with Crippen molar-refractivity contribution in [2.24, 2.45) is 0 Å². The van der Waals surface area contributed by atoms with Gasteiger partial charge in [-0.05, 0) is 36.8 Å². The summed E-state index contributed by atoms with van der Waals surface area (Å²) in [5.74, 6) is 1.17. The first kappa shape index (κ1) is 21.1. The lowest BCUT2D eigenvalue weighted by Crippen LogP contribution is -2.48. The lowest BCUT2D eigenvalue weighted by Gasteiger charge is -2.28. The molecule has 0 saturated carbocycles. The van der Waals surface area contributed by atoms with Gasteiger partial charge in [0, 0.05) is 13.6 Å². The second-order valence-corrected chi connectivity index (χ2v) is 6.10. The van der Waals surface area contributed by atoms with Gasteiger partial charge in [0.2, 0.25) is 5.91 Å². The van der Waals surface area contributed by atoms with E-state index in [-0.39, 0.29) is 25.0 Å². The third-order valence-electron chi connectivity index (χ3n) is 4.35. The number of carbonyl (C=O) groups excluding carboxylic acids is 2. The molecule has 2 amide bonds. The van der Waals surface area contributed by atoms with Gasteiger partial charge >= 0.3 is 0 Å². The Bertz CT molecular complexity index is 792. The van der Waals surface area contributed by atoms with E-state index in [1.165, 1.54) is 12.0 Å². The molecule has 150 valence electrons. The number of amides is 2. The van der Waals surface area contributed by atoms with Crippen LogP contribution in [0.15, 0.2) is 48.5 Å². The molecule has 0 spiro atoms. The minimum Gasteiger partial charge on any atom is -0.497 e. The maximum atomic E-state index is 12.9. The highest BCUT2D eigenvalue weighted by molar-refractivity contribution is 5.87. The standard InChI is InChI=1S/C21H26N2O5/c1-15(21(25)22-2)23(13-16-9-11-17(26-3)12-10-16)20(24)14-28-19-8-6-5-7-18(19)27-4/h5-12,15H,13-14H2,1-4H3,(H,22,25). The zero-order valence-corrected chi connectivity index (χ0v) is 16.6. The molecule has 2 aromatic carbocycles. The highest BCUT2D eigenvalue weighted by atomic mass is 16.5. The fraction of sp³-hybridized carbons (Fsp3) is 0.333. The fourth-order valence-electron chi connectivity index (χ4n) is 2.68. The minimum atomic E-state index is -0.652. The first-order chi connectivity index (χ1) is 13.5. The molecule has 0 aliphatic carbocycles. The third-order valence-corrected chi connectivity index (χ3v) is 4.35. The molecule has 0 bridgehead atoms. The number of nitrogens with zero attached hydrogens (tertiary/aromatic N) is 1. The van der Waals surface area contributed by atoms with E-state index < -0.39 is 6.04 Å². The molecule has 0 aliphatic rings. The molecule has 1 atom stereocenters. The van der Waals surface area contributed by atoms with E-state index in [1.54, 1.807) is 39.3 Å². The number of nitrogens with one attached hydrogen (secondary N) is 1. The molecule has 1 unspecified atom stereocenters. The smallest absolute Gasteiger partial charge is 0.261 e. The Morgan fingerprint density at radius 3 is 2.21 bits per heavy atom. The zero-order chi connectivity index (χ0) is 20.5. The van der Waals surface area contributed by atoms with E-state index in [4.69, 9.17) is 14.2 Å². The first-order valence-corrected chi connectivity index (χ1v) is 8.90. The van der Waals surface area contributed by atoms with Crippen molar-refractivity contribution in [3.05, 3.63) is 54.1 Å². The second-order valence-electron chi connectivity index (χ2n) is 6.10. The van der Waals surface area contributed by atoms with Crippen molar-refractivity contribution in [1.82, 2.24) is 10.2 Å². The van der Waals surface area contributed by atoms with Crippen molar-refractivity contribution in [3.63, 3.8) is 0 Å². The van der Waals surface area contributed by atoms with E-state index in [0.29, 0.717) is 11.5 Å². The number of carbonyl (C=O) groups is 2. The predicted octanol–water partition coefficient (Wildman–Crippen LogP) is 2.25. The molecule has 7 nitrogen and oxygen atoms in total. The number of methoxy groups -OCH3 is 2. The van der Waals surface area contributed by atoms with E-state index in [1.807, 2.05) is 30.3 Å². The first-order valence-electron chi connectivity index (χ1n) is 8.90. The van der Waals surface area contributed by atoms with Gasteiger partial charge in [-0.15, -0.1) is 0 Å². The highest BCUT2D eigenvalue weighted by Gasteiger charge is 2.26. The summed E-state index contributed by atoms with van der Waals surface area (Å²) in [6.07, 6.45) is 0. The summed E-state index contributed by atoms with van der Waals surface area (Å²) in [6, 6.07) is 13.8. The number of hydrogen-bond acceptors (Lipinski definition) is 5. The van der Waals surface area contributed by atoms with Gasteiger partial charge in [0.15, 0.2) is 18.1 Å². The third kappa shape index (κ3) is 5.39. The number of benzene rings is 2. The number of ether oxygens (including phenoxy) is 3. The van der Waals surface area contributed by atoms with Gasteiger partial charge in [0.1, 0.15) is 11.8 Å². The fourth-order valence-corrected chi connectivity index (χ4v) is 2.68. The Balaban J connectivity index is 2.14. The van der Waals surface area contributed by atoms with Gasteiger partial charge in [-0.3, -0.25) is 9.59 Å². The molecule has 0 aromatic heterocycles. The topological polar surface area (TPSA) is 77.1 Å². The molecule has 7 heteroatoms. The van der Waals surface area contributed by atoms with Gasteiger partial charge in [-0.25, -0.2) is 0 Å². The van der Waals surface area contributed by atoms with E-state index in [9.17, 15) is 9.59 Å². The number of para-hydroxylation sites is 2. The van der Waals surface area contributed by atoms with Crippen molar-refractivity contribution in [1.29, 1.82) is 0 Å². The average Bonchev–Trinajstić information content (AvgIpc) is 2.75. The molecule has 28 heavy (non-hydrogen) atoms. The van der Waals surface area contributed by atoms with Gasteiger partial charge in [0.25, 0.3) is 5.91 Å². The Kier molecular flexibility index (Phi) is 7.68. The largest absolute Gasteiger partial charge is 0.497 e. The van der Waals surface area contributed by atoms with Crippen LogP contribution >= 0.6 is 0 Å². The quantitative estimate of drug-likeness (QED) is 0.715. The van der Waals surface area contributed by atoms with E-state index in [0.717, 1.165) is 11.3 Å². The van der Waals surface area contributed by atoms with Crippen molar-refractivity contribution < 1.29 is 23.8 Å². The minimum absolute atomic E-state index is 0.210. The Hall–Kier alpha value is -3.22. The Morgan fingerprint density at radius 1 is 1.00 bits per heavy atom. The summed E-state index contributed by atoms with van der Waals surface area (Å²) >= 11 is 0. The monoisotopic (exact) mass is 386 g/mol. The lowest BCUT2D eigenvalue weighted by atomic mass is 10.1. The van der Waals surface area contributed by atoms with Gasteiger partial charge in [-0.2, -0.15) is 0 Å². The summed E-state index contributed by atoms with van der Waals surface area (Å²) < 4.78 is 16.0. The number of rotatable bonds is 9. The molecule has 0 fully saturated rings. The number of hydrogen-bond donors (Lipinski definition) is 1. The Morgan fingerprint density at radius 2 is 1.64 bits per heavy atom. The molecular formula is C21H26N2O5. The van der Waals surface area contributed by atoms with Crippen molar-refractivity contribution in [2.75, 3.05) is 27.9 Å². The SMILES string of the molecule is CNC(=O)C(C)N(Cc1ccc(OC)cc1)C(=O)COc1ccccc1OC.